The summed E-state index contributed by atoms with van der Waals surface area (Å²) in [6.07, 6.45) is 1.41. The highest BCUT2D eigenvalue weighted by atomic mass is 32.2. The first-order valence-electron chi connectivity index (χ1n) is 5.24. The van der Waals surface area contributed by atoms with Crippen molar-refractivity contribution in [3.8, 4) is 0 Å². The van der Waals surface area contributed by atoms with Crippen LogP contribution >= 0.6 is 11.8 Å². The minimum Gasteiger partial charge on any atom is -0.389 e. The van der Waals surface area contributed by atoms with E-state index in [0.717, 1.165) is 0 Å². The van der Waals surface area contributed by atoms with Crippen LogP contribution in [0.1, 0.15) is 26.7 Å². The van der Waals surface area contributed by atoms with Gasteiger partial charge in [0.15, 0.2) is 5.16 Å². The van der Waals surface area contributed by atoms with E-state index in [0.29, 0.717) is 35.4 Å². The minimum atomic E-state index is -0.673. The predicted molar refractivity (Wildman–Crippen MR) is 67.1 cm³/mol. The summed E-state index contributed by atoms with van der Waals surface area (Å²) in [6.45, 7) is 3.91. The Hall–Kier alpha value is -1.01. The molecule has 16 heavy (non-hydrogen) atoms. The van der Waals surface area contributed by atoms with Crippen molar-refractivity contribution in [3.05, 3.63) is 6.07 Å². The normalized spacial score (nSPS) is 11.7. The van der Waals surface area contributed by atoms with Gasteiger partial charge in [0.1, 0.15) is 11.6 Å². The van der Waals surface area contributed by atoms with Crippen LogP contribution in [0, 0.1) is 0 Å². The monoisotopic (exact) mass is 242 g/mol. The number of hydrogen-bond acceptors (Lipinski definition) is 6. The fourth-order valence-electron chi connectivity index (χ4n) is 1.18. The van der Waals surface area contributed by atoms with E-state index in [1.807, 2.05) is 13.8 Å². The Labute approximate surface area is 99.7 Å². The van der Waals surface area contributed by atoms with Crippen LogP contribution in [0.4, 0.5) is 11.6 Å². The second-order valence-electron chi connectivity index (χ2n) is 3.72. The molecule has 1 heterocycles. The van der Waals surface area contributed by atoms with E-state index in [-0.39, 0.29) is 0 Å². The van der Waals surface area contributed by atoms with Crippen LogP contribution in [-0.2, 0) is 0 Å². The highest BCUT2D eigenvalue weighted by Gasteiger charge is 2.22. The van der Waals surface area contributed by atoms with E-state index < -0.39 is 5.60 Å². The highest BCUT2D eigenvalue weighted by Crippen LogP contribution is 2.25. The Balaban J connectivity index is 2.67. The Morgan fingerprint density at radius 1 is 1.25 bits per heavy atom. The largest absolute Gasteiger partial charge is 0.389 e. The van der Waals surface area contributed by atoms with E-state index in [9.17, 15) is 5.11 Å². The van der Waals surface area contributed by atoms with Gasteiger partial charge in [-0.15, -0.1) is 0 Å². The lowest BCUT2D eigenvalue weighted by atomic mass is 10.0. The molecule has 1 aromatic heterocycles. The fourth-order valence-corrected chi connectivity index (χ4v) is 2.33. The van der Waals surface area contributed by atoms with Crippen molar-refractivity contribution in [2.45, 2.75) is 37.4 Å². The summed E-state index contributed by atoms with van der Waals surface area (Å²) in [4.78, 5) is 8.09. The molecule has 0 aliphatic heterocycles. The number of anilines is 2. The van der Waals surface area contributed by atoms with E-state index in [1.165, 1.54) is 17.8 Å². The van der Waals surface area contributed by atoms with E-state index in [2.05, 4.69) is 9.97 Å². The quantitative estimate of drug-likeness (QED) is 0.531. The van der Waals surface area contributed by atoms with Crippen LogP contribution in [0.2, 0.25) is 0 Å². The van der Waals surface area contributed by atoms with Crippen molar-refractivity contribution in [2.24, 2.45) is 0 Å². The summed E-state index contributed by atoms with van der Waals surface area (Å²) in [5.74, 6) is 1.25. The molecule has 90 valence electrons. The average Bonchev–Trinajstić information content (AvgIpc) is 2.25. The molecule has 0 aliphatic carbocycles. The van der Waals surface area contributed by atoms with Crippen molar-refractivity contribution in [3.63, 3.8) is 0 Å². The summed E-state index contributed by atoms with van der Waals surface area (Å²) in [5, 5.41) is 10.6. The molecule has 0 fully saturated rings. The number of thioether (sulfide) groups is 1. The molecular weight excluding hydrogens is 224 g/mol. The Kier molecular flexibility index (Phi) is 4.37. The zero-order chi connectivity index (χ0) is 12.2. The van der Waals surface area contributed by atoms with Gasteiger partial charge in [-0.1, -0.05) is 25.6 Å². The van der Waals surface area contributed by atoms with E-state index in [4.69, 9.17) is 11.5 Å². The first kappa shape index (κ1) is 13.1. The second kappa shape index (κ2) is 5.36. The number of rotatable bonds is 5. The molecule has 6 heteroatoms. The van der Waals surface area contributed by atoms with Gasteiger partial charge in [-0.3, -0.25) is 0 Å². The molecule has 0 amide bonds. The zero-order valence-corrected chi connectivity index (χ0v) is 10.4. The lowest BCUT2D eigenvalue weighted by molar-refractivity contribution is 0.0571. The first-order chi connectivity index (χ1) is 7.49. The molecule has 0 saturated carbocycles. The van der Waals surface area contributed by atoms with Gasteiger partial charge in [0.05, 0.1) is 5.60 Å². The highest BCUT2D eigenvalue weighted by molar-refractivity contribution is 7.99. The van der Waals surface area contributed by atoms with Crippen molar-refractivity contribution < 1.29 is 5.11 Å². The molecule has 0 atom stereocenters. The van der Waals surface area contributed by atoms with Crippen LogP contribution in [0.3, 0.4) is 0 Å². The summed E-state index contributed by atoms with van der Waals surface area (Å²) in [5.41, 5.74) is 10.4. The van der Waals surface area contributed by atoms with Crippen LogP contribution in [0.25, 0.3) is 0 Å². The standard InChI is InChI=1S/C10H18N4OS/c1-3-10(15,4-2)6-16-9-13-7(11)5-8(12)14-9/h5,15H,3-4,6H2,1-2H3,(H4,11,12,13,14). The maximum Gasteiger partial charge on any atom is 0.191 e. The number of aromatic nitrogens is 2. The van der Waals surface area contributed by atoms with Gasteiger partial charge in [-0.2, -0.15) is 0 Å². The van der Waals surface area contributed by atoms with Gasteiger partial charge in [-0.05, 0) is 12.8 Å². The van der Waals surface area contributed by atoms with Crippen molar-refractivity contribution >= 4 is 23.4 Å². The molecule has 1 aromatic rings. The topological polar surface area (TPSA) is 98.0 Å². The molecule has 1 rings (SSSR count). The molecular formula is C10H18N4OS. The lowest BCUT2D eigenvalue weighted by Gasteiger charge is -2.23. The lowest BCUT2D eigenvalue weighted by Crippen LogP contribution is -2.29. The molecule has 0 radical (unpaired) electrons. The smallest absolute Gasteiger partial charge is 0.191 e. The Morgan fingerprint density at radius 2 is 1.75 bits per heavy atom. The molecule has 0 bridgehead atoms. The SMILES string of the molecule is CCC(O)(CC)CSc1nc(N)cc(N)n1. The first-order valence-corrected chi connectivity index (χ1v) is 6.23. The number of nitrogen functional groups attached to an aromatic ring is 2. The predicted octanol–water partition coefficient (Wildman–Crippen LogP) is 1.28. The molecule has 0 unspecified atom stereocenters. The van der Waals surface area contributed by atoms with Gasteiger partial charge in [0.2, 0.25) is 0 Å². The maximum atomic E-state index is 10.1. The fraction of sp³-hybridized carbons (Fsp3) is 0.600. The van der Waals surface area contributed by atoms with E-state index in [1.54, 1.807) is 0 Å². The van der Waals surface area contributed by atoms with Crippen LogP contribution in [0.15, 0.2) is 11.2 Å². The number of aliphatic hydroxyl groups is 1. The number of nitrogens with two attached hydrogens (primary N) is 2. The van der Waals surface area contributed by atoms with Crippen molar-refractivity contribution in [1.82, 2.24) is 9.97 Å². The molecule has 5 nitrogen and oxygen atoms in total. The van der Waals surface area contributed by atoms with Gasteiger partial charge >= 0.3 is 0 Å². The third-order valence-electron chi connectivity index (χ3n) is 2.53. The molecule has 5 N–H and O–H groups in total. The van der Waals surface area contributed by atoms with Crippen LogP contribution < -0.4 is 11.5 Å². The summed E-state index contributed by atoms with van der Waals surface area (Å²) >= 11 is 1.37. The number of hydrogen-bond donors (Lipinski definition) is 3. The van der Waals surface area contributed by atoms with Crippen LogP contribution in [0.5, 0.6) is 0 Å². The maximum absolute atomic E-state index is 10.1. The van der Waals surface area contributed by atoms with Gasteiger partial charge < -0.3 is 16.6 Å². The zero-order valence-electron chi connectivity index (χ0n) is 9.60. The molecule has 0 aliphatic rings. The van der Waals surface area contributed by atoms with Crippen molar-refractivity contribution in [1.29, 1.82) is 0 Å². The van der Waals surface area contributed by atoms with Gasteiger partial charge in [0, 0.05) is 11.8 Å². The van der Waals surface area contributed by atoms with Crippen molar-refractivity contribution in [2.75, 3.05) is 17.2 Å². The Morgan fingerprint density at radius 3 is 2.19 bits per heavy atom. The summed E-state index contributed by atoms with van der Waals surface area (Å²) in [7, 11) is 0. The summed E-state index contributed by atoms with van der Waals surface area (Å²) < 4.78 is 0. The molecule has 0 saturated heterocycles. The molecule has 0 spiro atoms. The van der Waals surface area contributed by atoms with Gasteiger partial charge in [0.25, 0.3) is 0 Å². The second-order valence-corrected chi connectivity index (χ2v) is 4.66. The van der Waals surface area contributed by atoms with E-state index >= 15 is 0 Å². The third-order valence-corrected chi connectivity index (χ3v) is 3.65. The number of nitrogens with zero attached hydrogens (tertiary/aromatic N) is 2. The van der Waals surface area contributed by atoms with Crippen LogP contribution in [-0.4, -0.2) is 26.4 Å². The minimum absolute atomic E-state index is 0.353. The summed E-state index contributed by atoms with van der Waals surface area (Å²) in [6, 6.07) is 1.51. The Bertz CT molecular complexity index is 334. The van der Waals surface area contributed by atoms with Gasteiger partial charge in [-0.25, -0.2) is 9.97 Å². The molecule has 0 aromatic carbocycles. The average molecular weight is 242 g/mol. The third kappa shape index (κ3) is 3.53.